The van der Waals surface area contributed by atoms with Gasteiger partial charge in [0.05, 0.1) is 0 Å². The number of nitrogens with zero attached hydrogens (tertiary/aromatic N) is 1. The fraction of sp³-hybridized carbons (Fsp3) is 0.800. The van der Waals surface area contributed by atoms with E-state index in [-0.39, 0.29) is 5.96 Å². The Morgan fingerprint density at radius 3 is 2.33 bits per heavy atom. The number of likely N-dealkylation sites (tertiary alicyclic amines) is 1. The van der Waals surface area contributed by atoms with Crippen molar-refractivity contribution in [3.8, 4) is 0 Å². The van der Waals surface area contributed by atoms with E-state index in [9.17, 15) is 4.57 Å². The van der Waals surface area contributed by atoms with Gasteiger partial charge in [-0.15, -0.1) is 0 Å². The molecule has 4 N–H and O–H groups in total. The van der Waals surface area contributed by atoms with Crippen molar-refractivity contribution >= 4 is 13.7 Å². The zero-order valence-corrected chi connectivity index (χ0v) is 7.42. The molecule has 1 saturated heterocycles. The van der Waals surface area contributed by atoms with E-state index in [1.54, 1.807) is 4.90 Å². The van der Waals surface area contributed by atoms with Gasteiger partial charge in [-0.25, -0.2) is 4.57 Å². The first-order valence-electron chi connectivity index (χ1n) is 3.66. The summed E-state index contributed by atoms with van der Waals surface area (Å²) in [4.78, 5) is 18.6. The summed E-state index contributed by atoms with van der Waals surface area (Å²) in [6.07, 6.45) is 1.95. The third-order valence-corrected chi connectivity index (χ3v) is 2.18. The minimum Gasteiger partial charge on any atom is -0.343 e. The highest BCUT2D eigenvalue weighted by molar-refractivity contribution is 7.50. The zero-order valence-electron chi connectivity index (χ0n) is 6.53. The Morgan fingerprint density at radius 2 is 1.92 bits per heavy atom. The molecule has 7 heteroatoms. The largest absolute Gasteiger partial charge is 0.429 e. The molecule has 0 radical (unpaired) electrons. The molecular formula is C5H12N3O3P. The van der Waals surface area contributed by atoms with Crippen LogP contribution < -0.4 is 5.09 Å². The van der Waals surface area contributed by atoms with Crippen molar-refractivity contribution in [1.29, 1.82) is 5.41 Å². The number of guanidine groups is 1. The van der Waals surface area contributed by atoms with Gasteiger partial charge in [-0.3, -0.25) is 10.5 Å². The molecule has 0 aromatic heterocycles. The SMILES string of the molecule is N=C(NP(=O)(O)O)N1CCCC1. The summed E-state index contributed by atoms with van der Waals surface area (Å²) in [5.41, 5.74) is 0. The average Bonchev–Trinajstić information content (AvgIpc) is 2.32. The Kier molecular flexibility index (Phi) is 2.72. The smallest absolute Gasteiger partial charge is 0.343 e. The summed E-state index contributed by atoms with van der Waals surface area (Å²) in [6.45, 7) is 1.40. The van der Waals surface area contributed by atoms with Crippen LogP contribution in [0.4, 0.5) is 0 Å². The van der Waals surface area contributed by atoms with E-state index >= 15 is 0 Å². The molecule has 0 unspecified atom stereocenters. The Labute approximate surface area is 70.3 Å². The molecule has 0 atom stereocenters. The number of hydrogen-bond donors (Lipinski definition) is 4. The van der Waals surface area contributed by atoms with Crippen molar-refractivity contribution in [1.82, 2.24) is 9.99 Å². The normalized spacial score (nSPS) is 18.0. The van der Waals surface area contributed by atoms with E-state index in [0.717, 1.165) is 12.8 Å². The highest BCUT2D eigenvalue weighted by Gasteiger charge is 2.21. The van der Waals surface area contributed by atoms with E-state index in [1.807, 2.05) is 5.09 Å². The summed E-state index contributed by atoms with van der Waals surface area (Å²) in [6, 6.07) is 0. The van der Waals surface area contributed by atoms with Crippen molar-refractivity contribution in [2.75, 3.05) is 13.1 Å². The van der Waals surface area contributed by atoms with Crippen molar-refractivity contribution in [2.45, 2.75) is 12.8 Å². The Hall–Kier alpha value is -0.580. The predicted molar refractivity (Wildman–Crippen MR) is 43.7 cm³/mol. The Balaban J connectivity index is 2.43. The second kappa shape index (κ2) is 3.43. The number of rotatable bonds is 1. The lowest BCUT2D eigenvalue weighted by atomic mass is 10.4. The van der Waals surface area contributed by atoms with E-state index in [2.05, 4.69) is 0 Å². The molecule has 70 valence electrons. The average molecular weight is 193 g/mol. The van der Waals surface area contributed by atoms with Gasteiger partial charge in [-0.05, 0) is 12.8 Å². The van der Waals surface area contributed by atoms with Crippen molar-refractivity contribution in [2.24, 2.45) is 0 Å². The predicted octanol–water partition coefficient (Wildman–Crippen LogP) is -0.301. The lowest BCUT2D eigenvalue weighted by molar-refractivity contribution is 0.362. The lowest BCUT2D eigenvalue weighted by Gasteiger charge is -2.19. The Bertz CT molecular complexity index is 220. The summed E-state index contributed by atoms with van der Waals surface area (Å²) < 4.78 is 10.4. The molecule has 0 aliphatic carbocycles. The first kappa shape index (κ1) is 9.51. The van der Waals surface area contributed by atoms with Crippen molar-refractivity contribution in [3.63, 3.8) is 0 Å². The lowest BCUT2D eigenvalue weighted by Crippen LogP contribution is -2.36. The second-order valence-electron chi connectivity index (χ2n) is 2.70. The zero-order chi connectivity index (χ0) is 9.19. The van der Waals surface area contributed by atoms with Crippen molar-refractivity contribution < 1.29 is 14.4 Å². The van der Waals surface area contributed by atoms with Crippen LogP contribution in [0.5, 0.6) is 0 Å². The van der Waals surface area contributed by atoms with Gasteiger partial charge in [-0.2, -0.15) is 0 Å². The minimum atomic E-state index is -4.29. The molecule has 1 aliphatic rings. The van der Waals surface area contributed by atoms with Crippen LogP contribution >= 0.6 is 7.75 Å². The minimum absolute atomic E-state index is 0.180. The summed E-state index contributed by atoms with van der Waals surface area (Å²) >= 11 is 0. The quantitative estimate of drug-likeness (QED) is 0.260. The molecule has 1 fully saturated rings. The molecular weight excluding hydrogens is 181 g/mol. The number of nitrogens with one attached hydrogen (secondary N) is 2. The maximum Gasteiger partial charge on any atom is 0.429 e. The standard InChI is InChI=1S/C5H12N3O3P/c6-5(7-12(9,10)11)8-3-1-2-4-8/h1-4H2,(H4,6,7,9,10,11). The maximum atomic E-state index is 10.4. The fourth-order valence-electron chi connectivity index (χ4n) is 1.15. The molecule has 0 aromatic rings. The van der Waals surface area contributed by atoms with Crippen LogP contribution in [0.3, 0.4) is 0 Å². The van der Waals surface area contributed by atoms with E-state index < -0.39 is 7.75 Å². The van der Waals surface area contributed by atoms with E-state index in [4.69, 9.17) is 15.2 Å². The van der Waals surface area contributed by atoms with Crippen LogP contribution in [0.15, 0.2) is 0 Å². The summed E-state index contributed by atoms with van der Waals surface area (Å²) in [5, 5.41) is 9.10. The Morgan fingerprint density at radius 1 is 1.42 bits per heavy atom. The van der Waals surface area contributed by atoms with Crippen LogP contribution in [-0.2, 0) is 4.57 Å². The summed E-state index contributed by atoms with van der Waals surface area (Å²) in [5.74, 6) is -0.180. The monoisotopic (exact) mass is 193 g/mol. The molecule has 1 heterocycles. The molecule has 1 rings (SSSR count). The summed E-state index contributed by atoms with van der Waals surface area (Å²) in [7, 11) is -4.29. The molecule has 0 spiro atoms. The molecule has 0 saturated carbocycles. The topological polar surface area (TPSA) is 96.7 Å². The van der Waals surface area contributed by atoms with Gasteiger partial charge in [0.2, 0.25) is 0 Å². The van der Waals surface area contributed by atoms with Gasteiger partial charge in [0, 0.05) is 13.1 Å². The van der Waals surface area contributed by atoms with Crippen LogP contribution in [0, 0.1) is 5.41 Å². The molecule has 0 amide bonds. The molecule has 1 aliphatic heterocycles. The van der Waals surface area contributed by atoms with Gasteiger partial charge in [0.25, 0.3) is 0 Å². The van der Waals surface area contributed by atoms with Gasteiger partial charge in [0.1, 0.15) is 0 Å². The van der Waals surface area contributed by atoms with Gasteiger partial charge >= 0.3 is 7.75 Å². The van der Waals surface area contributed by atoms with E-state index in [1.165, 1.54) is 0 Å². The fourth-order valence-corrected chi connectivity index (χ4v) is 1.57. The second-order valence-corrected chi connectivity index (χ2v) is 4.01. The molecule has 12 heavy (non-hydrogen) atoms. The first-order valence-corrected chi connectivity index (χ1v) is 5.27. The van der Waals surface area contributed by atoms with Crippen LogP contribution in [0.25, 0.3) is 0 Å². The molecule has 0 bridgehead atoms. The van der Waals surface area contributed by atoms with Crippen LogP contribution in [0.1, 0.15) is 12.8 Å². The highest BCUT2D eigenvalue weighted by atomic mass is 31.2. The van der Waals surface area contributed by atoms with E-state index in [0.29, 0.717) is 13.1 Å². The third kappa shape index (κ3) is 2.81. The van der Waals surface area contributed by atoms with Crippen molar-refractivity contribution in [3.05, 3.63) is 0 Å². The number of hydrogen-bond acceptors (Lipinski definition) is 2. The van der Waals surface area contributed by atoms with Crippen LogP contribution in [-0.4, -0.2) is 33.7 Å². The molecule has 0 aromatic carbocycles. The maximum absolute atomic E-state index is 10.4. The van der Waals surface area contributed by atoms with Crippen LogP contribution in [0.2, 0.25) is 0 Å². The first-order chi connectivity index (χ1) is 5.49. The highest BCUT2D eigenvalue weighted by Crippen LogP contribution is 2.28. The van der Waals surface area contributed by atoms with Gasteiger partial charge in [-0.1, -0.05) is 0 Å². The third-order valence-electron chi connectivity index (χ3n) is 1.67. The molecule has 6 nitrogen and oxygen atoms in total. The van der Waals surface area contributed by atoms with Gasteiger partial charge in [0.15, 0.2) is 5.96 Å². The van der Waals surface area contributed by atoms with Gasteiger partial charge < -0.3 is 14.7 Å².